The third kappa shape index (κ3) is 10.7. The molecule has 0 fully saturated rings. The molecule has 0 heterocycles. The van der Waals surface area contributed by atoms with Crippen LogP contribution in [0, 0.1) is 0 Å². The molecule has 1 nitrogen and oxygen atoms in total. The first-order valence-corrected chi connectivity index (χ1v) is 1.85. The van der Waals surface area contributed by atoms with Crippen LogP contribution in [-0.4, -0.2) is 5.54 Å². The minimum absolute atomic E-state index is 0. The number of rotatable bonds is 1. The number of hydrogen-bond donors (Lipinski definition) is 1. The lowest BCUT2D eigenvalue weighted by Crippen LogP contribution is -2.30. The van der Waals surface area contributed by atoms with E-state index in [1.807, 2.05) is 0 Å². The molecule has 0 aliphatic heterocycles. The van der Waals surface area contributed by atoms with Gasteiger partial charge in [-0.05, 0) is 20.1 Å². The molecule has 0 aliphatic rings. The van der Waals surface area contributed by atoms with E-state index in [4.69, 9.17) is 14.0 Å². The van der Waals surface area contributed by atoms with Gasteiger partial charge in [0, 0.05) is 13.8 Å². The van der Waals surface area contributed by atoms with Crippen molar-refractivity contribution in [3.05, 3.63) is 0 Å². The quantitative estimate of drug-likeness (QED) is 0.572. The Hall–Kier alpha value is 0.250. The highest BCUT2D eigenvalue weighted by atomic mass is 35.5. The van der Waals surface area contributed by atoms with Crippen molar-refractivity contribution in [2.45, 2.75) is 32.6 Å². The molecule has 0 radical (unpaired) electrons. The van der Waals surface area contributed by atoms with E-state index in [2.05, 4.69) is 0 Å². The smallest absolute Gasteiger partial charge is 0.0249 e. The Morgan fingerprint density at radius 3 is 2.14 bits per heavy atom. The minimum atomic E-state index is -2.65. The Morgan fingerprint density at radius 1 is 1.71 bits per heavy atom. The first-order chi connectivity index (χ1) is 5.06. The van der Waals surface area contributed by atoms with Gasteiger partial charge in [0.25, 0.3) is 0 Å². The maximum absolute atomic E-state index is 6.99. The Labute approximate surface area is 60.1 Å². The average molecular weight is 130 g/mol. The third-order valence-electron chi connectivity index (χ3n) is 0.558. The van der Waals surface area contributed by atoms with Crippen LogP contribution in [0.25, 0.3) is 0 Å². The summed E-state index contributed by atoms with van der Waals surface area (Å²) >= 11 is 0. The molecule has 0 aromatic heterocycles. The van der Waals surface area contributed by atoms with Crippen molar-refractivity contribution in [2.75, 3.05) is 0 Å². The highest BCUT2D eigenvalue weighted by molar-refractivity contribution is 5.85. The van der Waals surface area contributed by atoms with Gasteiger partial charge in [0.05, 0.1) is 0 Å². The second kappa shape index (κ2) is 3.28. The second-order valence-electron chi connectivity index (χ2n) is 1.32. The molecular weight excluding hydrogens is 110 g/mol. The third-order valence-corrected chi connectivity index (χ3v) is 0.558. The van der Waals surface area contributed by atoms with Gasteiger partial charge in [-0.1, -0.05) is 6.92 Å². The van der Waals surface area contributed by atoms with E-state index in [9.17, 15) is 0 Å². The van der Waals surface area contributed by atoms with Crippen LogP contribution < -0.4 is 5.73 Å². The van der Waals surface area contributed by atoms with Crippen LogP contribution in [0.4, 0.5) is 0 Å². The van der Waals surface area contributed by atoms with Crippen molar-refractivity contribution in [3.63, 3.8) is 0 Å². The topological polar surface area (TPSA) is 26.0 Å². The number of hydrogen-bond acceptors (Lipinski definition) is 1. The van der Waals surface area contributed by atoms with E-state index in [1.54, 1.807) is 0 Å². The van der Waals surface area contributed by atoms with Gasteiger partial charge in [-0.2, -0.15) is 0 Å². The lowest BCUT2D eigenvalue weighted by molar-refractivity contribution is 0.501. The molecule has 0 aromatic carbocycles. The minimum Gasteiger partial charge on any atom is -0.326 e. The number of halogens is 1. The summed E-state index contributed by atoms with van der Waals surface area (Å²) < 4.78 is 41.9. The zero-order chi connectivity index (χ0) is 10.2. The van der Waals surface area contributed by atoms with Gasteiger partial charge in [0.15, 0.2) is 0 Å². The normalized spacial score (nSPS) is 26.6. The van der Waals surface area contributed by atoms with Gasteiger partial charge in [0.2, 0.25) is 0 Å². The average Bonchev–Trinajstić information content (AvgIpc) is 1.81. The fourth-order valence-corrected chi connectivity index (χ4v) is 0. The van der Waals surface area contributed by atoms with Crippen molar-refractivity contribution < 1.29 is 8.22 Å². The van der Waals surface area contributed by atoms with Gasteiger partial charge in [-0.25, -0.2) is 0 Å². The molecular formula is C5H14ClN. The highest BCUT2D eigenvalue weighted by Crippen LogP contribution is 1.99. The molecule has 0 atom stereocenters. The lowest BCUT2D eigenvalue weighted by Gasteiger charge is -2.13. The zero-order valence-corrected chi connectivity index (χ0v) is 5.01. The molecule has 2 heteroatoms. The number of nitrogens with two attached hydrogens (primary N) is 1. The molecule has 46 valence electrons. The molecule has 0 bridgehead atoms. The van der Waals surface area contributed by atoms with Crippen molar-refractivity contribution in [1.82, 2.24) is 0 Å². The summed E-state index contributed by atoms with van der Waals surface area (Å²) in [7, 11) is 0. The van der Waals surface area contributed by atoms with Gasteiger partial charge in [-0.3, -0.25) is 0 Å². The zero-order valence-electron chi connectivity index (χ0n) is 10.2. The van der Waals surface area contributed by atoms with Gasteiger partial charge in [-0.15, -0.1) is 12.4 Å². The van der Waals surface area contributed by atoms with Crippen LogP contribution >= 0.6 is 12.4 Å². The van der Waals surface area contributed by atoms with Crippen molar-refractivity contribution in [3.8, 4) is 0 Å². The fraction of sp³-hybridized carbons (Fsp3) is 1.00. The molecule has 2 N–H and O–H groups in total. The highest BCUT2D eigenvalue weighted by Gasteiger charge is 2.03. The summed E-state index contributed by atoms with van der Waals surface area (Å²) in [4.78, 5) is 0. The molecule has 0 spiro atoms. The summed E-state index contributed by atoms with van der Waals surface area (Å²) in [5.74, 6) is 0. The Morgan fingerprint density at radius 2 is 2.14 bits per heavy atom. The first kappa shape index (κ1) is 2.24. The lowest BCUT2D eigenvalue weighted by atomic mass is 10.1. The predicted molar refractivity (Wildman–Crippen MR) is 35.8 cm³/mol. The van der Waals surface area contributed by atoms with E-state index in [0.29, 0.717) is 0 Å². The van der Waals surface area contributed by atoms with E-state index in [-0.39, 0.29) is 18.8 Å². The molecule has 7 heavy (non-hydrogen) atoms. The van der Waals surface area contributed by atoms with Crippen LogP contribution in [0.2, 0.25) is 0 Å². The van der Waals surface area contributed by atoms with Crippen molar-refractivity contribution in [1.29, 1.82) is 0 Å². The van der Waals surface area contributed by atoms with Crippen molar-refractivity contribution >= 4 is 12.4 Å². The maximum atomic E-state index is 6.99. The SMILES string of the molecule is Cl.[2H]C([2H])([2H])C(N)(CC)C([2H])([2H])[2H]. The summed E-state index contributed by atoms with van der Waals surface area (Å²) in [6, 6.07) is 0. The second-order valence-corrected chi connectivity index (χ2v) is 1.32. The fourth-order valence-electron chi connectivity index (χ4n) is 0. The summed E-state index contributed by atoms with van der Waals surface area (Å²) in [6.45, 7) is -3.83. The Balaban J connectivity index is 0. The molecule has 0 saturated heterocycles. The standard InChI is InChI=1S/C5H13N.ClH/c1-4-5(2,3)6;/h4,6H2,1-3H3;1H/i2D3,3D3;. The van der Waals surface area contributed by atoms with E-state index in [1.165, 1.54) is 6.92 Å². The molecule has 0 aromatic rings. The van der Waals surface area contributed by atoms with Crippen LogP contribution in [0.15, 0.2) is 0 Å². The molecule has 0 amide bonds. The van der Waals surface area contributed by atoms with E-state index in [0.717, 1.165) is 0 Å². The maximum Gasteiger partial charge on any atom is 0.0249 e. The first-order valence-electron chi connectivity index (χ1n) is 4.85. The summed E-state index contributed by atoms with van der Waals surface area (Å²) in [5, 5.41) is 0. The Kier molecular flexibility index (Phi) is 1.05. The molecule has 0 unspecified atom stereocenters. The largest absolute Gasteiger partial charge is 0.326 e. The summed E-state index contributed by atoms with van der Waals surface area (Å²) in [5.41, 5.74) is 3.24. The molecule has 0 saturated carbocycles. The van der Waals surface area contributed by atoms with Crippen LogP contribution in [0.5, 0.6) is 0 Å². The van der Waals surface area contributed by atoms with E-state index < -0.39 is 19.2 Å². The van der Waals surface area contributed by atoms with Crippen LogP contribution in [0.3, 0.4) is 0 Å². The Bertz CT molecular complexity index is 147. The predicted octanol–water partition coefficient (Wildman–Crippen LogP) is 1.56. The van der Waals surface area contributed by atoms with E-state index >= 15 is 0 Å². The van der Waals surface area contributed by atoms with Gasteiger partial charge >= 0.3 is 0 Å². The van der Waals surface area contributed by atoms with Gasteiger partial charge in [0.1, 0.15) is 0 Å². The van der Waals surface area contributed by atoms with Crippen LogP contribution in [-0.2, 0) is 0 Å². The summed E-state index contributed by atoms with van der Waals surface area (Å²) in [6.07, 6.45) is -0.0972. The monoisotopic (exact) mass is 129 g/mol. The van der Waals surface area contributed by atoms with Crippen LogP contribution in [0.1, 0.15) is 35.3 Å². The van der Waals surface area contributed by atoms with Crippen molar-refractivity contribution in [2.24, 2.45) is 5.73 Å². The molecule has 0 rings (SSSR count). The van der Waals surface area contributed by atoms with Gasteiger partial charge < -0.3 is 5.73 Å². The molecule has 0 aliphatic carbocycles.